The Kier molecular flexibility index (Phi) is 3.93. The summed E-state index contributed by atoms with van der Waals surface area (Å²) in [6.07, 6.45) is -4.54. The zero-order valence-electron chi connectivity index (χ0n) is 11.2. The van der Waals surface area contributed by atoms with E-state index in [4.69, 9.17) is 0 Å². The minimum Gasteiger partial charge on any atom is -0.508 e. The van der Waals surface area contributed by atoms with Crippen LogP contribution in [0.5, 0.6) is 11.5 Å². The third-order valence-corrected chi connectivity index (χ3v) is 2.72. The average molecular weight is 316 g/mol. The molecule has 118 valence electrons. The summed E-state index contributed by atoms with van der Waals surface area (Å²) in [7, 11) is 0. The van der Waals surface area contributed by atoms with Crippen LogP contribution in [0.2, 0.25) is 0 Å². The maximum absolute atomic E-state index is 12.0. The van der Waals surface area contributed by atoms with Crippen molar-refractivity contribution in [3.8, 4) is 22.9 Å². The molecule has 10 heteroatoms. The van der Waals surface area contributed by atoms with Crippen LogP contribution in [0.3, 0.4) is 0 Å². The fourth-order valence-corrected chi connectivity index (χ4v) is 1.62. The van der Waals surface area contributed by atoms with Crippen molar-refractivity contribution in [1.29, 1.82) is 0 Å². The molecule has 0 saturated carbocycles. The van der Waals surface area contributed by atoms with Gasteiger partial charge < -0.3 is 20.5 Å². The maximum atomic E-state index is 12.0. The number of nitrogens with one attached hydrogen (secondary N) is 2. The number of hydrogen-bond donors (Lipinski definition) is 4. The molecule has 0 bridgehead atoms. The zero-order chi connectivity index (χ0) is 16.5. The van der Waals surface area contributed by atoms with Crippen LogP contribution in [-0.2, 0) is 0 Å². The van der Waals surface area contributed by atoms with Crippen molar-refractivity contribution in [2.45, 2.75) is 13.1 Å². The topological polar surface area (TPSA) is 111 Å². The summed E-state index contributed by atoms with van der Waals surface area (Å²) in [5, 5.41) is 27.8. The lowest BCUT2D eigenvalue weighted by atomic mass is 10.1. The molecule has 0 aliphatic rings. The molecule has 2 rings (SSSR count). The number of carbonyl (C=O) groups is 1. The number of amides is 1. The quantitative estimate of drug-likeness (QED) is 0.685. The summed E-state index contributed by atoms with van der Waals surface area (Å²) >= 11 is 0. The van der Waals surface area contributed by atoms with Crippen molar-refractivity contribution in [2.75, 3.05) is 6.54 Å². The first-order valence-electron chi connectivity index (χ1n) is 5.98. The van der Waals surface area contributed by atoms with Crippen LogP contribution in [0.15, 0.2) is 12.1 Å². The Morgan fingerprint density at radius 2 is 1.95 bits per heavy atom. The fraction of sp³-hybridized carbons (Fsp3) is 0.250. The van der Waals surface area contributed by atoms with E-state index < -0.39 is 24.5 Å². The monoisotopic (exact) mass is 316 g/mol. The first-order valence-corrected chi connectivity index (χ1v) is 5.98. The van der Waals surface area contributed by atoms with Gasteiger partial charge >= 0.3 is 6.18 Å². The summed E-state index contributed by atoms with van der Waals surface area (Å²) in [6.45, 7) is 0.0804. The smallest absolute Gasteiger partial charge is 0.405 e. The molecule has 0 aliphatic carbocycles. The van der Waals surface area contributed by atoms with E-state index >= 15 is 0 Å². The van der Waals surface area contributed by atoms with Crippen molar-refractivity contribution in [3.63, 3.8) is 0 Å². The van der Waals surface area contributed by atoms with Crippen LogP contribution in [0.1, 0.15) is 16.2 Å². The highest BCUT2D eigenvalue weighted by molar-refractivity contribution is 5.90. The Labute approximate surface area is 121 Å². The van der Waals surface area contributed by atoms with Crippen LogP contribution in [0.25, 0.3) is 11.4 Å². The second-order valence-corrected chi connectivity index (χ2v) is 4.48. The van der Waals surface area contributed by atoms with Crippen molar-refractivity contribution in [1.82, 2.24) is 20.5 Å². The van der Waals surface area contributed by atoms with Crippen LogP contribution in [0, 0.1) is 6.92 Å². The maximum Gasteiger partial charge on any atom is 0.405 e. The van der Waals surface area contributed by atoms with Crippen molar-refractivity contribution in [3.05, 3.63) is 23.5 Å². The molecule has 0 atom stereocenters. The number of carbonyl (C=O) groups excluding carboxylic acids is 1. The summed E-state index contributed by atoms with van der Waals surface area (Å²) in [5.74, 6) is -1.97. The molecule has 0 unspecified atom stereocenters. The van der Waals surface area contributed by atoms with Crippen LogP contribution < -0.4 is 5.32 Å². The molecule has 0 fully saturated rings. The Morgan fingerprint density at radius 1 is 1.27 bits per heavy atom. The molecule has 4 N–H and O–H groups in total. The molecule has 0 radical (unpaired) electrons. The third-order valence-electron chi connectivity index (χ3n) is 2.72. The van der Waals surface area contributed by atoms with Crippen LogP contribution in [0.4, 0.5) is 13.2 Å². The second kappa shape index (κ2) is 5.54. The van der Waals surface area contributed by atoms with Gasteiger partial charge in [-0.15, -0.1) is 10.2 Å². The van der Waals surface area contributed by atoms with Crippen molar-refractivity contribution < 1.29 is 28.2 Å². The highest BCUT2D eigenvalue weighted by Crippen LogP contribution is 2.32. The van der Waals surface area contributed by atoms with E-state index in [9.17, 15) is 28.2 Å². The van der Waals surface area contributed by atoms with Gasteiger partial charge in [-0.1, -0.05) is 0 Å². The number of benzene rings is 1. The number of phenolic OH excluding ortho intramolecular Hbond substituents is 2. The molecule has 0 spiro atoms. The zero-order valence-corrected chi connectivity index (χ0v) is 11.2. The number of aryl methyl sites for hydroxylation is 1. The molecule has 1 amide bonds. The molecule has 2 aromatic rings. The molecule has 0 aliphatic heterocycles. The number of H-pyrrole nitrogens is 1. The van der Waals surface area contributed by atoms with Gasteiger partial charge in [0.2, 0.25) is 5.82 Å². The van der Waals surface area contributed by atoms with Gasteiger partial charge in [0.25, 0.3) is 5.91 Å². The molecule has 7 nitrogen and oxygen atoms in total. The highest BCUT2D eigenvalue weighted by Gasteiger charge is 2.28. The number of alkyl halides is 3. The molecule has 1 heterocycles. The Morgan fingerprint density at radius 3 is 2.59 bits per heavy atom. The van der Waals surface area contributed by atoms with E-state index in [0.717, 1.165) is 6.07 Å². The SMILES string of the molecule is Cc1cc(-c2nnc(C(=O)NCC(F)(F)F)[nH]2)c(O)cc1O. The number of nitrogens with zero attached hydrogens (tertiary/aromatic N) is 2. The Bertz CT molecular complexity index is 712. The van der Waals surface area contributed by atoms with Gasteiger partial charge in [-0.05, 0) is 18.6 Å². The molecule has 1 aromatic heterocycles. The predicted octanol–water partition coefficient (Wildman–Crippen LogP) is 1.48. The van der Waals surface area contributed by atoms with Gasteiger partial charge in [-0.2, -0.15) is 13.2 Å². The third kappa shape index (κ3) is 3.45. The number of halogens is 3. The van der Waals surface area contributed by atoms with Crippen LogP contribution >= 0.6 is 0 Å². The summed E-state index contributed by atoms with van der Waals surface area (Å²) < 4.78 is 36.1. The number of aromatic hydroxyl groups is 2. The second-order valence-electron chi connectivity index (χ2n) is 4.48. The highest BCUT2D eigenvalue weighted by atomic mass is 19.4. The van der Waals surface area contributed by atoms with Gasteiger partial charge in [0, 0.05) is 6.07 Å². The van der Waals surface area contributed by atoms with E-state index in [0.29, 0.717) is 5.56 Å². The van der Waals surface area contributed by atoms with Crippen LogP contribution in [-0.4, -0.2) is 44.0 Å². The van der Waals surface area contributed by atoms with Gasteiger partial charge in [0.05, 0.1) is 5.56 Å². The first kappa shape index (κ1) is 15.6. The largest absolute Gasteiger partial charge is 0.508 e. The Balaban J connectivity index is 2.22. The number of hydrogen-bond acceptors (Lipinski definition) is 5. The first-order chi connectivity index (χ1) is 10.2. The van der Waals surface area contributed by atoms with E-state index in [1.165, 1.54) is 6.07 Å². The van der Waals surface area contributed by atoms with Crippen molar-refractivity contribution in [2.24, 2.45) is 0 Å². The lowest BCUT2D eigenvalue weighted by Crippen LogP contribution is -2.34. The number of aromatic nitrogens is 3. The van der Waals surface area contributed by atoms with E-state index in [1.807, 2.05) is 0 Å². The predicted molar refractivity (Wildman–Crippen MR) is 68.3 cm³/mol. The van der Waals surface area contributed by atoms with E-state index in [2.05, 4.69) is 15.2 Å². The standard InChI is InChI=1S/C12H11F3N4O3/c1-5-2-6(8(21)3-7(5)20)9-17-10(19-18-9)11(22)16-4-12(13,14)15/h2-3,20-21H,4H2,1H3,(H,16,22)(H,17,18,19). The fourth-order valence-electron chi connectivity index (χ4n) is 1.62. The molecule has 0 saturated heterocycles. The van der Waals surface area contributed by atoms with Gasteiger partial charge in [0.15, 0.2) is 5.82 Å². The Hall–Kier alpha value is -2.78. The van der Waals surface area contributed by atoms with Gasteiger partial charge in [-0.3, -0.25) is 4.79 Å². The van der Waals surface area contributed by atoms with Gasteiger partial charge in [0.1, 0.15) is 18.0 Å². The lowest BCUT2D eigenvalue weighted by molar-refractivity contribution is -0.123. The van der Waals surface area contributed by atoms with E-state index in [1.54, 1.807) is 12.2 Å². The minimum absolute atomic E-state index is 0.0160. The summed E-state index contributed by atoms with van der Waals surface area (Å²) in [4.78, 5) is 13.9. The van der Waals surface area contributed by atoms with Gasteiger partial charge in [-0.25, -0.2) is 0 Å². The van der Waals surface area contributed by atoms with E-state index in [-0.39, 0.29) is 22.9 Å². The number of phenols is 2. The minimum atomic E-state index is -4.54. The molecular weight excluding hydrogens is 305 g/mol. The lowest BCUT2D eigenvalue weighted by Gasteiger charge is -2.06. The summed E-state index contributed by atoms with van der Waals surface area (Å²) in [6, 6.07) is 2.47. The van der Waals surface area contributed by atoms with Crippen molar-refractivity contribution >= 4 is 5.91 Å². The summed E-state index contributed by atoms with van der Waals surface area (Å²) in [5.41, 5.74) is 0.588. The molecular formula is C12H11F3N4O3. The molecule has 22 heavy (non-hydrogen) atoms. The molecule has 1 aromatic carbocycles. The number of aromatic amines is 1. The average Bonchev–Trinajstić information content (AvgIpc) is 2.89. The number of rotatable bonds is 3. The normalized spacial score (nSPS) is 11.5.